The molecule has 0 fully saturated rings. The highest BCUT2D eigenvalue weighted by Crippen LogP contribution is 2.22. The quantitative estimate of drug-likeness (QED) is 0.587. The number of thiazole rings is 1. The number of nitrogens with zero attached hydrogens (tertiary/aromatic N) is 4. The second-order valence-electron chi connectivity index (χ2n) is 6.09. The lowest BCUT2D eigenvalue weighted by Crippen LogP contribution is -2.21. The first-order valence-corrected chi connectivity index (χ1v) is 8.90. The van der Waals surface area contributed by atoms with Crippen LogP contribution in [0.25, 0.3) is 16.2 Å². The maximum Gasteiger partial charge on any atom is 0.258 e. The number of nitrogens with one attached hydrogen (secondary N) is 1. The van der Waals surface area contributed by atoms with E-state index in [2.05, 4.69) is 20.1 Å². The van der Waals surface area contributed by atoms with Crippen molar-refractivity contribution >= 4 is 16.3 Å². The van der Waals surface area contributed by atoms with E-state index in [1.165, 1.54) is 27.9 Å². The Morgan fingerprint density at radius 2 is 2.08 bits per heavy atom. The molecule has 0 radical (unpaired) electrons. The van der Waals surface area contributed by atoms with E-state index in [1.54, 1.807) is 30.6 Å². The van der Waals surface area contributed by atoms with Crippen LogP contribution in [0.4, 0.5) is 4.39 Å². The summed E-state index contributed by atoms with van der Waals surface area (Å²) in [6.07, 6.45) is 3.49. The number of fused-ring (bicyclic) bond motifs is 1. The van der Waals surface area contributed by atoms with Crippen molar-refractivity contribution in [2.45, 2.75) is 13.1 Å². The van der Waals surface area contributed by atoms with Gasteiger partial charge in [0.05, 0.1) is 17.6 Å². The third-order valence-corrected chi connectivity index (χ3v) is 4.84. The molecule has 0 unspecified atom stereocenters. The SMILES string of the molecule is CN(Cc1cc(=O)n2ccsc2n1)Cc1cn[nH]c1-c1ccc(F)cc1. The molecule has 6 nitrogen and oxygen atoms in total. The number of H-pyrrole nitrogens is 1. The van der Waals surface area contributed by atoms with E-state index in [0.29, 0.717) is 18.1 Å². The van der Waals surface area contributed by atoms with E-state index in [4.69, 9.17) is 0 Å². The molecule has 4 aromatic rings. The van der Waals surface area contributed by atoms with Crippen molar-refractivity contribution in [3.05, 3.63) is 75.5 Å². The van der Waals surface area contributed by atoms with Gasteiger partial charge in [-0.15, -0.1) is 11.3 Å². The maximum absolute atomic E-state index is 13.1. The van der Waals surface area contributed by atoms with E-state index >= 15 is 0 Å². The minimum Gasteiger partial charge on any atom is -0.296 e. The van der Waals surface area contributed by atoms with Crippen molar-refractivity contribution in [3.8, 4) is 11.3 Å². The molecule has 0 saturated heterocycles. The number of halogens is 1. The number of rotatable bonds is 5. The van der Waals surface area contributed by atoms with Crippen molar-refractivity contribution in [1.82, 2.24) is 24.5 Å². The number of hydrogen-bond donors (Lipinski definition) is 1. The highest BCUT2D eigenvalue weighted by atomic mass is 32.1. The summed E-state index contributed by atoms with van der Waals surface area (Å²) in [6, 6.07) is 7.86. The first kappa shape index (κ1) is 16.6. The Hall–Kier alpha value is -2.84. The summed E-state index contributed by atoms with van der Waals surface area (Å²) < 4.78 is 14.7. The molecule has 0 saturated carbocycles. The topological polar surface area (TPSA) is 66.3 Å². The monoisotopic (exact) mass is 369 g/mol. The molecule has 0 aliphatic rings. The molecule has 1 N–H and O–H groups in total. The van der Waals surface area contributed by atoms with Gasteiger partial charge in [0, 0.05) is 41.9 Å². The summed E-state index contributed by atoms with van der Waals surface area (Å²) in [4.78, 5) is 19.4. The first-order valence-electron chi connectivity index (χ1n) is 8.02. The van der Waals surface area contributed by atoms with Gasteiger partial charge in [-0.25, -0.2) is 9.37 Å². The lowest BCUT2D eigenvalue weighted by atomic mass is 10.1. The molecule has 3 heterocycles. The van der Waals surface area contributed by atoms with Gasteiger partial charge < -0.3 is 0 Å². The lowest BCUT2D eigenvalue weighted by Gasteiger charge is -2.16. The Bertz CT molecular complexity index is 1100. The molecule has 0 amide bonds. The molecule has 8 heteroatoms. The number of aromatic nitrogens is 4. The normalized spacial score (nSPS) is 11.5. The van der Waals surface area contributed by atoms with Gasteiger partial charge in [0.25, 0.3) is 5.56 Å². The summed E-state index contributed by atoms with van der Waals surface area (Å²) >= 11 is 1.44. The van der Waals surface area contributed by atoms with E-state index in [9.17, 15) is 9.18 Å². The third-order valence-electron chi connectivity index (χ3n) is 4.08. The molecule has 0 aliphatic carbocycles. The van der Waals surface area contributed by atoms with E-state index < -0.39 is 0 Å². The largest absolute Gasteiger partial charge is 0.296 e. The van der Waals surface area contributed by atoms with E-state index in [-0.39, 0.29) is 11.4 Å². The standard InChI is InChI=1S/C18H16FN5OS/c1-23(11-15-8-16(25)24-6-7-26-18(24)21-15)10-13-9-20-22-17(13)12-2-4-14(19)5-3-12/h2-9H,10-11H2,1H3,(H,20,22). The molecule has 0 spiro atoms. The van der Waals surface area contributed by atoms with E-state index in [1.807, 2.05) is 12.4 Å². The van der Waals surface area contributed by atoms with Crippen molar-refractivity contribution in [3.63, 3.8) is 0 Å². The van der Waals surface area contributed by atoms with Crippen LogP contribution in [0.2, 0.25) is 0 Å². The van der Waals surface area contributed by atoms with Gasteiger partial charge in [-0.05, 0) is 31.3 Å². The van der Waals surface area contributed by atoms with Crippen LogP contribution in [0, 0.1) is 5.82 Å². The van der Waals surface area contributed by atoms with Crippen LogP contribution in [0.3, 0.4) is 0 Å². The number of aromatic amines is 1. The van der Waals surface area contributed by atoms with Gasteiger partial charge in [-0.1, -0.05) is 0 Å². The average molecular weight is 369 g/mol. The Kier molecular flexibility index (Phi) is 4.36. The maximum atomic E-state index is 13.1. The zero-order valence-corrected chi connectivity index (χ0v) is 14.8. The van der Waals surface area contributed by atoms with Gasteiger partial charge >= 0.3 is 0 Å². The summed E-state index contributed by atoms with van der Waals surface area (Å²) in [7, 11) is 1.96. The van der Waals surface area contributed by atoms with Gasteiger partial charge in [0.15, 0.2) is 4.96 Å². The van der Waals surface area contributed by atoms with Crippen LogP contribution in [0.1, 0.15) is 11.3 Å². The lowest BCUT2D eigenvalue weighted by molar-refractivity contribution is 0.315. The molecule has 0 aliphatic heterocycles. The molecule has 132 valence electrons. The zero-order valence-electron chi connectivity index (χ0n) is 14.0. The van der Waals surface area contributed by atoms with Gasteiger partial charge in [-0.2, -0.15) is 5.10 Å². The van der Waals surface area contributed by atoms with Crippen molar-refractivity contribution < 1.29 is 4.39 Å². The predicted octanol–water partition coefficient (Wildman–Crippen LogP) is 2.92. The van der Waals surface area contributed by atoms with Crippen molar-refractivity contribution in [2.75, 3.05) is 7.05 Å². The van der Waals surface area contributed by atoms with Crippen molar-refractivity contribution in [2.24, 2.45) is 0 Å². The Morgan fingerprint density at radius 1 is 1.27 bits per heavy atom. The fourth-order valence-electron chi connectivity index (χ4n) is 2.89. The van der Waals surface area contributed by atoms with Crippen LogP contribution >= 0.6 is 11.3 Å². The Morgan fingerprint density at radius 3 is 2.88 bits per heavy atom. The van der Waals surface area contributed by atoms with E-state index in [0.717, 1.165) is 22.5 Å². The molecule has 26 heavy (non-hydrogen) atoms. The molecule has 0 bridgehead atoms. The number of benzene rings is 1. The Balaban J connectivity index is 1.53. The van der Waals surface area contributed by atoms with Gasteiger partial charge in [0.2, 0.25) is 0 Å². The van der Waals surface area contributed by atoms with Crippen LogP contribution < -0.4 is 5.56 Å². The highest BCUT2D eigenvalue weighted by Gasteiger charge is 2.12. The first-order chi connectivity index (χ1) is 12.6. The van der Waals surface area contributed by atoms with Gasteiger partial charge in [0.1, 0.15) is 5.82 Å². The number of hydrogen-bond acceptors (Lipinski definition) is 5. The molecule has 0 atom stereocenters. The van der Waals surface area contributed by atoms with Crippen LogP contribution in [0.15, 0.2) is 52.9 Å². The highest BCUT2D eigenvalue weighted by molar-refractivity contribution is 7.15. The zero-order chi connectivity index (χ0) is 18.1. The second kappa shape index (κ2) is 6.81. The summed E-state index contributed by atoms with van der Waals surface area (Å²) in [5.74, 6) is -0.270. The molecule has 4 rings (SSSR count). The fourth-order valence-corrected chi connectivity index (χ4v) is 3.63. The molecular formula is C18H16FN5OS. The minimum absolute atomic E-state index is 0.0741. The molecule has 3 aromatic heterocycles. The van der Waals surface area contributed by atoms with Crippen LogP contribution in [-0.2, 0) is 13.1 Å². The third kappa shape index (κ3) is 3.29. The molecule has 1 aromatic carbocycles. The summed E-state index contributed by atoms with van der Waals surface area (Å²) in [5.41, 5.74) is 3.39. The molecular weight excluding hydrogens is 353 g/mol. The van der Waals surface area contributed by atoms with Crippen molar-refractivity contribution in [1.29, 1.82) is 0 Å². The van der Waals surface area contributed by atoms with Gasteiger partial charge in [-0.3, -0.25) is 19.2 Å². The van der Waals surface area contributed by atoms with Crippen LogP contribution in [0.5, 0.6) is 0 Å². The summed E-state index contributed by atoms with van der Waals surface area (Å²) in [6.45, 7) is 1.16. The van der Waals surface area contributed by atoms with Crippen LogP contribution in [-0.4, -0.2) is 31.5 Å². The Labute approximate surface area is 152 Å². The smallest absolute Gasteiger partial charge is 0.258 e. The minimum atomic E-state index is -0.270. The fraction of sp³-hybridized carbons (Fsp3) is 0.167. The second-order valence-corrected chi connectivity index (χ2v) is 6.96. The summed E-state index contributed by atoms with van der Waals surface area (Å²) in [5, 5.41) is 8.94. The average Bonchev–Trinajstić information content (AvgIpc) is 3.25. The predicted molar refractivity (Wildman–Crippen MR) is 98.5 cm³/mol.